The average molecular weight is 346 g/mol. The molecule has 0 radical (unpaired) electrons. The predicted molar refractivity (Wildman–Crippen MR) is 101 cm³/mol. The molecular formula is C19H30N4O2. The number of anilines is 1. The Balaban J connectivity index is 1.91. The fraction of sp³-hybridized carbons (Fsp3) is 0.579. The predicted octanol–water partition coefficient (Wildman–Crippen LogP) is 2.45. The lowest BCUT2D eigenvalue weighted by Crippen LogP contribution is -2.55. The van der Waals surface area contributed by atoms with Crippen LogP contribution < -0.4 is 10.6 Å². The maximum absolute atomic E-state index is 12.8. The summed E-state index contributed by atoms with van der Waals surface area (Å²) in [6.45, 7) is 10.4. The van der Waals surface area contributed by atoms with Gasteiger partial charge >= 0.3 is 6.03 Å². The molecule has 1 fully saturated rings. The first-order valence-electron chi connectivity index (χ1n) is 9.18. The normalized spacial score (nSPS) is 16.4. The van der Waals surface area contributed by atoms with E-state index in [1.165, 1.54) is 0 Å². The van der Waals surface area contributed by atoms with E-state index in [4.69, 9.17) is 0 Å². The monoisotopic (exact) mass is 346 g/mol. The highest BCUT2D eigenvalue weighted by molar-refractivity contribution is 5.93. The average Bonchev–Trinajstić information content (AvgIpc) is 2.63. The van der Waals surface area contributed by atoms with Gasteiger partial charge in [0.2, 0.25) is 5.91 Å². The molecule has 138 valence electrons. The Hall–Kier alpha value is -2.08. The number of amides is 3. The van der Waals surface area contributed by atoms with Crippen LogP contribution >= 0.6 is 0 Å². The molecule has 2 N–H and O–H groups in total. The van der Waals surface area contributed by atoms with Gasteiger partial charge in [0.15, 0.2) is 0 Å². The van der Waals surface area contributed by atoms with Gasteiger partial charge in [-0.1, -0.05) is 38.0 Å². The van der Waals surface area contributed by atoms with Crippen LogP contribution in [0.1, 0.15) is 32.3 Å². The van der Waals surface area contributed by atoms with Gasteiger partial charge in [0.1, 0.15) is 6.04 Å². The second-order valence-electron chi connectivity index (χ2n) is 6.57. The van der Waals surface area contributed by atoms with E-state index >= 15 is 0 Å². The summed E-state index contributed by atoms with van der Waals surface area (Å²) < 4.78 is 0. The molecule has 1 aliphatic rings. The van der Waals surface area contributed by atoms with E-state index in [9.17, 15) is 9.59 Å². The van der Waals surface area contributed by atoms with Crippen molar-refractivity contribution in [3.63, 3.8) is 0 Å². The first-order chi connectivity index (χ1) is 12.0. The summed E-state index contributed by atoms with van der Waals surface area (Å²) >= 11 is 0. The third kappa shape index (κ3) is 5.74. The first-order valence-corrected chi connectivity index (χ1v) is 9.18. The number of aryl methyl sites for hydroxylation is 1. The molecule has 1 atom stereocenters. The lowest BCUT2D eigenvalue weighted by atomic mass is 10.1. The van der Waals surface area contributed by atoms with Crippen LogP contribution in [0, 0.1) is 6.92 Å². The largest absolute Gasteiger partial charge is 0.338 e. The number of hydrogen-bond donors (Lipinski definition) is 2. The summed E-state index contributed by atoms with van der Waals surface area (Å²) in [5, 5.41) is 5.65. The van der Waals surface area contributed by atoms with E-state index in [0.717, 1.165) is 50.4 Å². The van der Waals surface area contributed by atoms with Gasteiger partial charge in [-0.2, -0.15) is 0 Å². The van der Waals surface area contributed by atoms with Crippen LogP contribution in [0.25, 0.3) is 0 Å². The molecule has 1 saturated heterocycles. The number of piperazine rings is 1. The van der Waals surface area contributed by atoms with Gasteiger partial charge in [0.05, 0.1) is 0 Å². The Morgan fingerprint density at radius 2 is 1.72 bits per heavy atom. The van der Waals surface area contributed by atoms with E-state index in [0.29, 0.717) is 6.42 Å². The second kappa shape index (κ2) is 9.42. The van der Waals surface area contributed by atoms with Crippen LogP contribution in [-0.2, 0) is 4.79 Å². The first kappa shape index (κ1) is 19.2. The van der Waals surface area contributed by atoms with Crippen LogP contribution in [0.3, 0.4) is 0 Å². The molecule has 25 heavy (non-hydrogen) atoms. The summed E-state index contributed by atoms with van der Waals surface area (Å²) in [6.07, 6.45) is 1.49. The quantitative estimate of drug-likeness (QED) is 0.831. The Kier molecular flexibility index (Phi) is 7.25. The Labute approximate surface area is 150 Å². The van der Waals surface area contributed by atoms with Crippen molar-refractivity contribution in [2.24, 2.45) is 0 Å². The molecule has 0 spiro atoms. The van der Waals surface area contributed by atoms with Crippen LogP contribution in [0.2, 0.25) is 0 Å². The van der Waals surface area contributed by atoms with Gasteiger partial charge in [-0.3, -0.25) is 4.79 Å². The van der Waals surface area contributed by atoms with Crippen LogP contribution in [0.15, 0.2) is 24.3 Å². The molecule has 0 saturated carbocycles. The third-order valence-electron chi connectivity index (χ3n) is 4.62. The van der Waals surface area contributed by atoms with Gasteiger partial charge in [-0.25, -0.2) is 4.79 Å². The molecule has 0 aliphatic carbocycles. The van der Waals surface area contributed by atoms with E-state index < -0.39 is 6.04 Å². The standard InChI is InChI=1S/C19H30N4O2/c1-4-6-17(18(24)23-13-11-22(5-2)12-14-23)21-19(25)20-16-9-7-15(3)8-10-16/h7-10,17H,4-6,11-14H2,1-3H3,(H2,20,21,25). The van der Waals surface area contributed by atoms with E-state index in [-0.39, 0.29) is 11.9 Å². The van der Waals surface area contributed by atoms with Crippen molar-refractivity contribution in [2.75, 3.05) is 38.0 Å². The number of urea groups is 1. The smallest absolute Gasteiger partial charge is 0.319 e. The zero-order valence-corrected chi connectivity index (χ0v) is 15.5. The minimum atomic E-state index is -0.469. The van der Waals surface area contributed by atoms with Crippen molar-refractivity contribution >= 4 is 17.6 Å². The van der Waals surface area contributed by atoms with E-state index in [1.54, 1.807) is 0 Å². The highest BCUT2D eigenvalue weighted by Crippen LogP contribution is 2.10. The summed E-state index contributed by atoms with van der Waals surface area (Å²) in [5.74, 6) is 0.0247. The topological polar surface area (TPSA) is 64.7 Å². The Morgan fingerprint density at radius 1 is 1.08 bits per heavy atom. The molecule has 0 bridgehead atoms. The molecule has 2 rings (SSSR count). The summed E-state index contributed by atoms with van der Waals surface area (Å²) in [5.41, 5.74) is 1.86. The molecular weight excluding hydrogens is 316 g/mol. The molecule has 1 unspecified atom stereocenters. The number of carbonyl (C=O) groups is 2. The molecule has 1 aliphatic heterocycles. The zero-order chi connectivity index (χ0) is 18.2. The highest BCUT2D eigenvalue weighted by Gasteiger charge is 2.27. The van der Waals surface area contributed by atoms with Crippen molar-refractivity contribution < 1.29 is 9.59 Å². The van der Waals surface area contributed by atoms with Crippen molar-refractivity contribution in [3.8, 4) is 0 Å². The van der Waals surface area contributed by atoms with Crippen molar-refractivity contribution in [2.45, 2.75) is 39.7 Å². The highest BCUT2D eigenvalue weighted by atomic mass is 16.2. The fourth-order valence-corrected chi connectivity index (χ4v) is 3.01. The van der Waals surface area contributed by atoms with Gasteiger partial charge in [-0.05, 0) is 32.0 Å². The van der Waals surface area contributed by atoms with Crippen LogP contribution in [0.4, 0.5) is 10.5 Å². The molecule has 6 nitrogen and oxygen atoms in total. The van der Waals surface area contributed by atoms with Gasteiger partial charge in [0.25, 0.3) is 0 Å². The van der Waals surface area contributed by atoms with Gasteiger partial charge in [-0.15, -0.1) is 0 Å². The van der Waals surface area contributed by atoms with Crippen molar-refractivity contribution in [1.82, 2.24) is 15.1 Å². The van der Waals surface area contributed by atoms with Crippen molar-refractivity contribution in [3.05, 3.63) is 29.8 Å². The Morgan fingerprint density at radius 3 is 2.28 bits per heavy atom. The van der Waals surface area contributed by atoms with Gasteiger partial charge < -0.3 is 20.4 Å². The third-order valence-corrected chi connectivity index (χ3v) is 4.62. The fourth-order valence-electron chi connectivity index (χ4n) is 3.01. The SMILES string of the molecule is CCCC(NC(=O)Nc1ccc(C)cc1)C(=O)N1CCN(CC)CC1. The molecule has 1 aromatic rings. The number of nitrogens with one attached hydrogen (secondary N) is 2. The molecule has 3 amide bonds. The van der Waals surface area contributed by atoms with E-state index in [2.05, 4.69) is 22.5 Å². The molecule has 6 heteroatoms. The Bertz CT molecular complexity index is 565. The second-order valence-corrected chi connectivity index (χ2v) is 6.57. The van der Waals surface area contributed by atoms with Crippen molar-refractivity contribution in [1.29, 1.82) is 0 Å². The number of rotatable bonds is 6. The summed E-state index contributed by atoms with van der Waals surface area (Å²) in [7, 11) is 0. The minimum Gasteiger partial charge on any atom is -0.338 e. The maximum atomic E-state index is 12.8. The summed E-state index contributed by atoms with van der Waals surface area (Å²) in [4.78, 5) is 29.3. The number of benzene rings is 1. The number of nitrogens with zero attached hydrogens (tertiary/aromatic N) is 2. The van der Waals surface area contributed by atoms with Crippen LogP contribution in [-0.4, -0.2) is 60.5 Å². The van der Waals surface area contributed by atoms with Gasteiger partial charge in [0, 0.05) is 31.9 Å². The zero-order valence-electron chi connectivity index (χ0n) is 15.5. The molecule has 1 heterocycles. The molecule has 0 aromatic heterocycles. The maximum Gasteiger partial charge on any atom is 0.319 e. The molecule has 1 aromatic carbocycles. The lowest BCUT2D eigenvalue weighted by Gasteiger charge is -2.36. The van der Waals surface area contributed by atoms with E-state index in [1.807, 2.05) is 43.0 Å². The summed E-state index contributed by atoms with van der Waals surface area (Å²) in [6, 6.07) is 6.80. The van der Waals surface area contributed by atoms with Crippen LogP contribution in [0.5, 0.6) is 0 Å². The minimum absolute atomic E-state index is 0.0247. The number of carbonyl (C=O) groups excluding carboxylic acids is 2. The number of likely N-dealkylation sites (N-methyl/N-ethyl adjacent to an activating group) is 1. The number of hydrogen-bond acceptors (Lipinski definition) is 3. The lowest BCUT2D eigenvalue weighted by molar-refractivity contribution is -0.135.